The molecular formula is C15H16ClN3O3. The number of carboxylic acid groups (broad SMARTS) is 1. The fourth-order valence-corrected chi connectivity index (χ4v) is 2.15. The second kappa shape index (κ2) is 7.09. The van der Waals surface area contributed by atoms with Crippen molar-refractivity contribution in [2.75, 3.05) is 13.6 Å². The third kappa shape index (κ3) is 4.08. The van der Waals surface area contributed by atoms with Crippen molar-refractivity contribution in [2.24, 2.45) is 0 Å². The van der Waals surface area contributed by atoms with Gasteiger partial charge in [-0.25, -0.2) is 4.68 Å². The molecule has 1 aromatic carbocycles. The molecule has 1 heterocycles. The topological polar surface area (TPSA) is 75.4 Å². The highest BCUT2D eigenvalue weighted by molar-refractivity contribution is 6.30. The Balaban J connectivity index is 2.04. The molecule has 0 spiro atoms. The monoisotopic (exact) mass is 321 g/mol. The van der Waals surface area contributed by atoms with E-state index in [1.54, 1.807) is 42.2 Å². The number of hydrogen-bond acceptors (Lipinski definition) is 3. The molecule has 2 rings (SSSR count). The van der Waals surface area contributed by atoms with E-state index in [0.29, 0.717) is 23.7 Å². The first-order valence-electron chi connectivity index (χ1n) is 6.76. The quantitative estimate of drug-likeness (QED) is 0.886. The van der Waals surface area contributed by atoms with E-state index in [9.17, 15) is 9.59 Å². The molecule has 0 aliphatic rings. The van der Waals surface area contributed by atoms with Gasteiger partial charge in [0, 0.05) is 31.2 Å². The highest BCUT2D eigenvalue weighted by Crippen LogP contribution is 2.14. The summed E-state index contributed by atoms with van der Waals surface area (Å²) in [5.74, 6) is -1.11. The average molecular weight is 322 g/mol. The van der Waals surface area contributed by atoms with E-state index in [4.69, 9.17) is 16.7 Å². The highest BCUT2D eigenvalue weighted by atomic mass is 35.5. The Labute approximate surface area is 132 Å². The van der Waals surface area contributed by atoms with Crippen molar-refractivity contribution in [2.45, 2.75) is 12.8 Å². The summed E-state index contributed by atoms with van der Waals surface area (Å²) in [5, 5.41) is 13.4. The summed E-state index contributed by atoms with van der Waals surface area (Å²) in [6, 6.07) is 8.77. The van der Waals surface area contributed by atoms with Crippen molar-refractivity contribution in [3.63, 3.8) is 0 Å². The van der Waals surface area contributed by atoms with Crippen LogP contribution in [0.25, 0.3) is 5.69 Å². The number of aliphatic carboxylic acids is 1. The number of rotatable bonds is 6. The van der Waals surface area contributed by atoms with Crippen molar-refractivity contribution in [1.29, 1.82) is 0 Å². The van der Waals surface area contributed by atoms with Crippen molar-refractivity contribution in [3.05, 3.63) is 47.2 Å². The smallest absolute Gasteiger partial charge is 0.303 e. The standard InChI is InChI=1S/C15H16ClN3O3/c1-18(8-3-6-14(20)21)15(22)13-7-9-19(17-13)12-5-2-4-11(16)10-12/h2,4-5,7,9-10H,3,6,8H2,1H3,(H,20,21). The first-order chi connectivity index (χ1) is 10.5. The largest absolute Gasteiger partial charge is 0.481 e. The molecule has 0 fully saturated rings. The predicted octanol–water partition coefficient (Wildman–Crippen LogP) is 2.46. The summed E-state index contributed by atoms with van der Waals surface area (Å²) in [7, 11) is 1.63. The van der Waals surface area contributed by atoms with Gasteiger partial charge in [-0.3, -0.25) is 9.59 Å². The predicted molar refractivity (Wildman–Crippen MR) is 82.4 cm³/mol. The van der Waals surface area contributed by atoms with Gasteiger partial charge in [-0.15, -0.1) is 0 Å². The minimum absolute atomic E-state index is 0.0363. The van der Waals surface area contributed by atoms with Gasteiger partial charge in [-0.2, -0.15) is 5.10 Å². The molecule has 1 aromatic heterocycles. The zero-order chi connectivity index (χ0) is 16.1. The van der Waals surface area contributed by atoms with Crippen LogP contribution in [0, 0.1) is 0 Å². The van der Waals surface area contributed by atoms with E-state index in [2.05, 4.69) is 5.10 Å². The van der Waals surface area contributed by atoms with Crippen LogP contribution in [0.15, 0.2) is 36.5 Å². The third-order valence-corrected chi connectivity index (χ3v) is 3.35. The van der Waals surface area contributed by atoms with E-state index >= 15 is 0 Å². The minimum Gasteiger partial charge on any atom is -0.481 e. The lowest BCUT2D eigenvalue weighted by atomic mass is 10.3. The summed E-state index contributed by atoms with van der Waals surface area (Å²) in [5.41, 5.74) is 1.07. The molecule has 2 aromatic rings. The molecule has 1 N–H and O–H groups in total. The molecule has 6 nitrogen and oxygen atoms in total. The van der Waals surface area contributed by atoms with Gasteiger partial charge in [0.15, 0.2) is 5.69 Å². The Hall–Kier alpha value is -2.34. The fraction of sp³-hybridized carbons (Fsp3) is 0.267. The number of amides is 1. The number of carbonyl (C=O) groups excluding carboxylic acids is 1. The second-order valence-electron chi connectivity index (χ2n) is 4.85. The maximum Gasteiger partial charge on any atom is 0.303 e. The molecule has 0 bridgehead atoms. The van der Waals surface area contributed by atoms with Crippen LogP contribution in [0.5, 0.6) is 0 Å². The Kier molecular flexibility index (Phi) is 5.16. The molecule has 0 atom stereocenters. The molecule has 0 unspecified atom stereocenters. The molecule has 7 heteroatoms. The van der Waals surface area contributed by atoms with Gasteiger partial charge in [0.05, 0.1) is 5.69 Å². The van der Waals surface area contributed by atoms with Gasteiger partial charge in [-0.05, 0) is 30.7 Å². The summed E-state index contributed by atoms with van der Waals surface area (Å²) < 4.78 is 1.57. The van der Waals surface area contributed by atoms with Crippen LogP contribution in [-0.4, -0.2) is 45.3 Å². The number of nitrogens with zero attached hydrogens (tertiary/aromatic N) is 3. The summed E-state index contributed by atoms with van der Waals surface area (Å²) in [6.07, 6.45) is 2.13. The molecule has 116 valence electrons. The van der Waals surface area contributed by atoms with E-state index < -0.39 is 5.97 Å². The number of benzene rings is 1. The molecule has 0 saturated heterocycles. The van der Waals surface area contributed by atoms with Crippen LogP contribution in [0.2, 0.25) is 5.02 Å². The van der Waals surface area contributed by atoms with E-state index in [-0.39, 0.29) is 12.3 Å². The average Bonchev–Trinajstić information content (AvgIpc) is 2.95. The molecule has 0 saturated carbocycles. The second-order valence-corrected chi connectivity index (χ2v) is 5.29. The normalized spacial score (nSPS) is 10.5. The SMILES string of the molecule is CN(CCCC(=O)O)C(=O)c1ccn(-c2cccc(Cl)c2)n1. The first kappa shape index (κ1) is 16.0. The van der Waals surface area contributed by atoms with Gasteiger partial charge >= 0.3 is 5.97 Å². The van der Waals surface area contributed by atoms with Crippen molar-refractivity contribution in [1.82, 2.24) is 14.7 Å². The summed E-state index contributed by atoms with van der Waals surface area (Å²) in [6.45, 7) is 0.370. The summed E-state index contributed by atoms with van der Waals surface area (Å²) >= 11 is 5.93. The molecule has 0 radical (unpaired) electrons. The van der Waals surface area contributed by atoms with Crippen molar-refractivity contribution >= 4 is 23.5 Å². The molecular weight excluding hydrogens is 306 g/mol. The molecule has 22 heavy (non-hydrogen) atoms. The van der Waals surface area contributed by atoms with Gasteiger partial charge in [0.2, 0.25) is 0 Å². The van der Waals surface area contributed by atoms with Crippen LogP contribution < -0.4 is 0 Å². The minimum atomic E-state index is -0.869. The van der Waals surface area contributed by atoms with Gasteiger partial charge < -0.3 is 10.0 Å². The van der Waals surface area contributed by atoms with E-state index in [0.717, 1.165) is 5.69 Å². The Morgan fingerprint density at radius 1 is 1.36 bits per heavy atom. The fourth-order valence-electron chi connectivity index (χ4n) is 1.96. The van der Waals surface area contributed by atoms with Gasteiger partial charge in [0.25, 0.3) is 5.91 Å². The van der Waals surface area contributed by atoms with Gasteiger partial charge in [-0.1, -0.05) is 17.7 Å². The van der Waals surface area contributed by atoms with E-state index in [1.807, 2.05) is 6.07 Å². The lowest BCUT2D eigenvalue weighted by Gasteiger charge is -2.14. The van der Waals surface area contributed by atoms with Crippen molar-refractivity contribution < 1.29 is 14.7 Å². The third-order valence-electron chi connectivity index (χ3n) is 3.11. The zero-order valence-electron chi connectivity index (χ0n) is 12.1. The number of carbonyl (C=O) groups is 2. The molecule has 1 amide bonds. The number of aromatic nitrogens is 2. The van der Waals surface area contributed by atoms with Crippen LogP contribution in [0.1, 0.15) is 23.3 Å². The van der Waals surface area contributed by atoms with Crippen LogP contribution >= 0.6 is 11.6 Å². The Morgan fingerprint density at radius 3 is 2.82 bits per heavy atom. The van der Waals surface area contributed by atoms with E-state index in [1.165, 1.54) is 4.90 Å². The van der Waals surface area contributed by atoms with Crippen LogP contribution in [0.3, 0.4) is 0 Å². The maximum atomic E-state index is 12.2. The number of halogens is 1. The van der Waals surface area contributed by atoms with Crippen molar-refractivity contribution in [3.8, 4) is 5.69 Å². The Morgan fingerprint density at radius 2 is 2.14 bits per heavy atom. The summed E-state index contributed by atoms with van der Waals surface area (Å²) in [4.78, 5) is 24.2. The zero-order valence-corrected chi connectivity index (χ0v) is 12.8. The molecule has 0 aliphatic carbocycles. The Bertz CT molecular complexity index is 684. The first-order valence-corrected chi connectivity index (χ1v) is 7.14. The lowest BCUT2D eigenvalue weighted by molar-refractivity contribution is -0.137. The van der Waals surface area contributed by atoms with Gasteiger partial charge in [0.1, 0.15) is 0 Å². The maximum absolute atomic E-state index is 12.2. The number of carboxylic acids is 1. The number of hydrogen-bond donors (Lipinski definition) is 1. The highest BCUT2D eigenvalue weighted by Gasteiger charge is 2.15. The van der Waals surface area contributed by atoms with Crippen LogP contribution in [0.4, 0.5) is 0 Å². The lowest BCUT2D eigenvalue weighted by Crippen LogP contribution is -2.28. The molecule has 0 aliphatic heterocycles. The van der Waals surface area contributed by atoms with Crippen LogP contribution in [-0.2, 0) is 4.79 Å².